The van der Waals surface area contributed by atoms with Crippen molar-refractivity contribution < 1.29 is 10.9 Å². The minimum atomic E-state index is -0.471. The average molecular weight is 144 g/mol. The number of ether oxygens (including phenoxy) is 1. The fourth-order valence-corrected chi connectivity index (χ4v) is 0.359. The van der Waals surface area contributed by atoms with Gasteiger partial charge in [-0.1, -0.05) is 6.55 Å². The molecule has 0 aromatic carbocycles. The Labute approximate surface area is 63.3 Å². The first kappa shape index (κ1) is 7.32. The topological polar surface area (TPSA) is 26.3 Å². The van der Waals surface area contributed by atoms with Gasteiger partial charge in [-0.15, -0.1) is 0 Å². The maximum absolute atomic E-state index is 11.0. The number of carbonyl (C=O) groups excluding carboxylic acids is 1. The van der Waals surface area contributed by atoms with Crippen molar-refractivity contribution in [2.24, 2.45) is 0 Å². The van der Waals surface area contributed by atoms with Crippen LogP contribution in [0.5, 0.6) is 0 Å². The Hall–Kier alpha value is -0.790. The van der Waals surface area contributed by atoms with Crippen molar-refractivity contribution >= 4 is 5.97 Å². The molecule has 0 radical (unpaired) electrons. The van der Waals surface area contributed by atoms with E-state index in [9.17, 15) is 4.79 Å². The maximum Gasteiger partial charge on any atom is 0.333 e. The molecule has 0 aromatic heterocycles. The predicted octanol–water partition coefficient (Wildman–Crippen LogP) is 1.90. The molecule has 0 rings (SSSR count). The zero-order chi connectivity index (χ0) is 9.07. The van der Waals surface area contributed by atoms with E-state index in [1.54, 1.807) is 27.7 Å². The van der Waals surface area contributed by atoms with Crippen LogP contribution in [0, 0.1) is 0 Å². The van der Waals surface area contributed by atoms with Crippen LogP contribution in [0.25, 0.3) is 0 Å². The lowest BCUT2D eigenvalue weighted by atomic mass is 10.2. The highest BCUT2D eigenvalue weighted by Crippen LogP contribution is 2.09. The van der Waals surface area contributed by atoms with Gasteiger partial charge in [-0.05, 0) is 27.7 Å². The van der Waals surface area contributed by atoms with Crippen LogP contribution in [-0.4, -0.2) is 11.6 Å². The Kier molecular flexibility index (Phi) is 2.10. The minimum absolute atomic E-state index is 0.319. The molecule has 0 saturated heterocycles. The highest BCUT2D eigenvalue weighted by Gasteiger charge is 2.15. The van der Waals surface area contributed by atoms with E-state index in [-0.39, 0.29) is 0 Å². The van der Waals surface area contributed by atoms with E-state index in [2.05, 4.69) is 0 Å². The Balaban J connectivity index is 4.10. The van der Waals surface area contributed by atoms with Gasteiger partial charge in [0, 0.05) is 5.57 Å². The second-order valence-corrected chi connectivity index (χ2v) is 3.18. The zero-order valence-corrected chi connectivity index (χ0v) is 6.89. The highest BCUT2D eigenvalue weighted by molar-refractivity contribution is 5.87. The van der Waals surface area contributed by atoms with Crippen molar-refractivity contribution in [2.45, 2.75) is 33.3 Å². The Morgan fingerprint density at radius 3 is 2.40 bits per heavy atom. The molecule has 2 heteroatoms. The first-order chi connectivity index (χ1) is 4.87. The van der Waals surface area contributed by atoms with Crippen LogP contribution < -0.4 is 0 Å². The van der Waals surface area contributed by atoms with Gasteiger partial charge in [-0.25, -0.2) is 4.79 Å². The van der Waals surface area contributed by atoms with E-state index >= 15 is 0 Å². The van der Waals surface area contributed by atoms with E-state index in [0.29, 0.717) is 5.57 Å². The highest BCUT2D eigenvalue weighted by atomic mass is 16.6. The van der Waals surface area contributed by atoms with Gasteiger partial charge in [-0.2, -0.15) is 0 Å². The van der Waals surface area contributed by atoms with Crippen LogP contribution in [0.2, 0.25) is 0 Å². The smallest absolute Gasteiger partial charge is 0.333 e. The number of carbonyl (C=O) groups is 1. The Morgan fingerprint density at radius 2 is 2.10 bits per heavy atom. The summed E-state index contributed by atoms with van der Waals surface area (Å²) < 4.78 is 11.7. The summed E-state index contributed by atoms with van der Waals surface area (Å²) in [5.41, 5.74) is -0.152. The van der Waals surface area contributed by atoms with Gasteiger partial charge >= 0.3 is 5.97 Å². The lowest BCUT2D eigenvalue weighted by Crippen LogP contribution is -2.23. The summed E-state index contributed by atoms with van der Waals surface area (Å²) in [4.78, 5) is 11.0. The first-order valence-electron chi connectivity index (χ1n) is 3.73. The van der Waals surface area contributed by atoms with E-state index in [0.717, 1.165) is 6.55 Å². The molecule has 0 aliphatic carbocycles. The molecule has 0 unspecified atom stereocenters. The zero-order valence-electron chi connectivity index (χ0n) is 7.89. The lowest BCUT2D eigenvalue weighted by molar-refractivity contribution is -0.149. The lowest BCUT2D eigenvalue weighted by Gasteiger charge is -2.19. The van der Waals surface area contributed by atoms with Gasteiger partial charge in [-0.3, -0.25) is 0 Å². The quantitative estimate of drug-likeness (QED) is 0.415. The predicted molar refractivity (Wildman–Crippen MR) is 40.7 cm³/mol. The molecule has 58 valence electrons. The number of hydrogen-bond donors (Lipinski definition) is 0. The van der Waals surface area contributed by atoms with Gasteiger partial charge in [0.15, 0.2) is 0 Å². The number of rotatable bonds is 1. The maximum atomic E-state index is 11.0. The molecular formula is C8H14O2. The molecule has 10 heavy (non-hydrogen) atoms. The monoisotopic (exact) mass is 144 g/mol. The standard InChI is InChI=1S/C8H14O2/c1-6(2)7(9)10-8(3,4)5/h1H2,2-5H3/i1T. The molecule has 0 atom stereocenters. The summed E-state index contributed by atoms with van der Waals surface area (Å²) in [7, 11) is 0. The second-order valence-electron chi connectivity index (χ2n) is 3.18. The van der Waals surface area contributed by atoms with Crippen LogP contribution in [0.3, 0.4) is 0 Å². The van der Waals surface area contributed by atoms with Crippen molar-refractivity contribution in [3.05, 3.63) is 12.1 Å². The molecule has 0 aliphatic rings. The second kappa shape index (κ2) is 2.86. The van der Waals surface area contributed by atoms with E-state index in [4.69, 9.17) is 6.11 Å². The normalized spacial score (nSPS) is 14.4. The molecule has 0 aliphatic heterocycles. The molecule has 0 amide bonds. The summed E-state index contributed by atoms with van der Waals surface area (Å²) in [6.07, 6.45) is 0. The van der Waals surface area contributed by atoms with Crippen molar-refractivity contribution in [3.8, 4) is 0 Å². The fourth-order valence-electron chi connectivity index (χ4n) is 0.359. The van der Waals surface area contributed by atoms with E-state index in [1.807, 2.05) is 0 Å². The van der Waals surface area contributed by atoms with E-state index < -0.39 is 11.6 Å². The summed E-state index contributed by atoms with van der Waals surface area (Å²) in [6.45, 7) is 7.93. The molecule has 0 fully saturated rings. The van der Waals surface area contributed by atoms with Crippen molar-refractivity contribution in [3.63, 3.8) is 0 Å². The molecule has 0 bridgehead atoms. The van der Waals surface area contributed by atoms with Gasteiger partial charge in [0.1, 0.15) is 5.60 Å². The fraction of sp³-hybridized carbons (Fsp3) is 0.625. The summed E-state index contributed by atoms with van der Waals surface area (Å²) in [6, 6.07) is 0. The van der Waals surface area contributed by atoms with Gasteiger partial charge < -0.3 is 4.74 Å². The molecule has 2 nitrogen and oxygen atoms in total. The summed E-state index contributed by atoms with van der Waals surface area (Å²) >= 11 is 0. The van der Waals surface area contributed by atoms with Gasteiger partial charge in [0.25, 0.3) is 0 Å². The summed E-state index contributed by atoms with van der Waals surface area (Å²) in [5.74, 6) is -0.424. The third kappa shape index (κ3) is 4.13. The van der Waals surface area contributed by atoms with Crippen LogP contribution in [0.1, 0.15) is 29.1 Å². The molecule has 0 heterocycles. The molecule has 0 N–H and O–H groups in total. The van der Waals surface area contributed by atoms with Crippen molar-refractivity contribution in [2.75, 3.05) is 0 Å². The minimum Gasteiger partial charge on any atom is -0.457 e. The first-order valence-corrected chi connectivity index (χ1v) is 3.15. The largest absolute Gasteiger partial charge is 0.457 e. The third-order valence-corrected chi connectivity index (χ3v) is 0.721. The number of hydrogen-bond acceptors (Lipinski definition) is 2. The molecule has 0 spiro atoms. The van der Waals surface area contributed by atoms with Gasteiger partial charge in [0.2, 0.25) is 0 Å². The van der Waals surface area contributed by atoms with Crippen LogP contribution >= 0.6 is 0 Å². The Morgan fingerprint density at radius 1 is 1.60 bits per heavy atom. The van der Waals surface area contributed by atoms with Crippen LogP contribution in [0.4, 0.5) is 0 Å². The Bertz CT molecular complexity index is 177. The van der Waals surface area contributed by atoms with Crippen LogP contribution in [-0.2, 0) is 9.53 Å². The van der Waals surface area contributed by atoms with Crippen LogP contribution in [0.15, 0.2) is 12.1 Å². The van der Waals surface area contributed by atoms with Crippen molar-refractivity contribution in [1.82, 2.24) is 0 Å². The molecule has 0 aromatic rings. The van der Waals surface area contributed by atoms with Crippen molar-refractivity contribution in [1.29, 1.82) is 0 Å². The molecule has 0 saturated carbocycles. The average Bonchev–Trinajstić information content (AvgIpc) is 1.82. The summed E-state index contributed by atoms with van der Waals surface area (Å²) in [5, 5.41) is 0. The number of esters is 1. The van der Waals surface area contributed by atoms with E-state index in [1.165, 1.54) is 0 Å². The third-order valence-electron chi connectivity index (χ3n) is 0.721. The van der Waals surface area contributed by atoms with Gasteiger partial charge in [0.05, 0.1) is 1.37 Å². The molecular weight excluding hydrogens is 128 g/mol. The SMILES string of the molecule is [3H]C=C(C)C(=O)OC(C)(C)C.